The molecule has 2 aromatic rings. The molecule has 0 aliphatic carbocycles. The molecule has 1 aromatic heterocycles. The van der Waals surface area contributed by atoms with Crippen LogP contribution in [-0.4, -0.2) is 26.0 Å². The largest absolute Gasteiger partial charge is 0.477 e. The van der Waals surface area contributed by atoms with Crippen molar-refractivity contribution in [3.63, 3.8) is 0 Å². The number of ether oxygens (including phenoxy) is 1. The zero-order chi connectivity index (χ0) is 14.7. The number of rotatable bonds is 4. The van der Waals surface area contributed by atoms with Crippen molar-refractivity contribution in [1.82, 2.24) is 9.97 Å². The number of nitrogens with zero attached hydrogens (tertiary/aromatic N) is 3. The lowest BCUT2D eigenvalue weighted by Gasteiger charge is -2.06. The summed E-state index contributed by atoms with van der Waals surface area (Å²) < 4.78 is 5.82. The Bertz CT molecular complexity index is 692. The van der Waals surface area contributed by atoms with E-state index in [-0.39, 0.29) is 11.6 Å². The summed E-state index contributed by atoms with van der Waals surface area (Å²) in [5, 5.41) is 19.7. The van der Waals surface area contributed by atoms with Crippen molar-refractivity contribution < 1.29 is 19.6 Å². The van der Waals surface area contributed by atoms with Crippen molar-refractivity contribution >= 4 is 27.6 Å². The quantitative estimate of drug-likeness (QED) is 0.672. The molecule has 0 radical (unpaired) electrons. The van der Waals surface area contributed by atoms with Crippen LogP contribution < -0.4 is 4.74 Å². The summed E-state index contributed by atoms with van der Waals surface area (Å²) in [7, 11) is 0. The number of hydrogen-bond donors (Lipinski definition) is 1. The topological polar surface area (TPSA) is 115 Å². The highest BCUT2D eigenvalue weighted by Gasteiger charge is 2.20. The van der Waals surface area contributed by atoms with E-state index in [1.165, 1.54) is 18.6 Å². The highest BCUT2D eigenvalue weighted by Crippen LogP contribution is 2.29. The summed E-state index contributed by atoms with van der Waals surface area (Å²) in [6.07, 6.45) is 2.70. The van der Waals surface area contributed by atoms with Crippen molar-refractivity contribution in [2.24, 2.45) is 0 Å². The molecule has 0 atom stereocenters. The van der Waals surface area contributed by atoms with E-state index < -0.39 is 22.1 Å². The minimum atomic E-state index is -1.41. The molecule has 0 bridgehead atoms. The van der Waals surface area contributed by atoms with E-state index >= 15 is 0 Å². The maximum Gasteiger partial charge on any atom is 0.342 e. The monoisotopic (exact) mass is 339 g/mol. The molecule has 1 N–H and O–H groups in total. The van der Waals surface area contributed by atoms with Gasteiger partial charge in [-0.25, -0.2) is 14.8 Å². The number of aromatic nitrogens is 2. The molecule has 1 heterocycles. The molecule has 0 saturated carbocycles. The van der Waals surface area contributed by atoms with Crippen LogP contribution in [0.3, 0.4) is 0 Å². The molecule has 8 nitrogen and oxygen atoms in total. The Morgan fingerprint density at radius 3 is 2.80 bits per heavy atom. The maximum absolute atomic E-state index is 11.0. The van der Waals surface area contributed by atoms with Crippen LogP contribution in [0.5, 0.6) is 11.6 Å². The van der Waals surface area contributed by atoms with E-state index in [1.54, 1.807) is 0 Å². The number of aromatic carboxylic acids is 1. The SMILES string of the molecule is O=C(O)c1cc(Oc2ncncc2Br)ccc1[N+](=O)[O-]. The summed E-state index contributed by atoms with van der Waals surface area (Å²) >= 11 is 3.16. The second-order valence-electron chi connectivity index (χ2n) is 3.52. The van der Waals surface area contributed by atoms with Gasteiger partial charge in [-0.2, -0.15) is 0 Å². The van der Waals surface area contributed by atoms with Gasteiger partial charge < -0.3 is 9.84 Å². The lowest BCUT2D eigenvalue weighted by Crippen LogP contribution is -2.03. The van der Waals surface area contributed by atoms with Crippen LogP contribution in [0.15, 0.2) is 35.2 Å². The van der Waals surface area contributed by atoms with Crippen molar-refractivity contribution in [2.75, 3.05) is 0 Å². The van der Waals surface area contributed by atoms with Gasteiger partial charge in [-0.15, -0.1) is 0 Å². The van der Waals surface area contributed by atoms with Gasteiger partial charge in [-0.05, 0) is 22.0 Å². The number of halogens is 1. The summed E-state index contributed by atoms with van der Waals surface area (Å²) in [4.78, 5) is 28.5. The standard InChI is InChI=1S/C11H6BrN3O5/c12-8-4-13-5-14-10(8)20-6-1-2-9(15(18)19)7(3-6)11(16)17/h1-5H,(H,16,17). The Kier molecular flexibility index (Phi) is 3.89. The fourth-order valence-electron chi connectivity index (χ4n) is 1.40. The molecular formula is C11H6BrN3O5. The van der Waals surface area contributed by atoms with Gasteiger partial charge in [0.25, 0.3) is 5.69 Å². The minimum Gasteiger partial charge on any atom is -0.477 e. The van der Waals surface area contributed by atoms with Gasteiger partial charge in [0.15, 0.2) is 0 Å². The first-order valence-electron chi connectivity index (χ1n) is 5.14. The van der Waals surface area contributed by atoms with E-state index in [4.69, 9.17) is 9.84 Å². The van der Waals surface area contributed by atoms with E-state index in [0.29, 0.717) is 4.47 Å². The Labute approximate surface area is 120 Å². The molecule has 2 rings (SSSR count). The van der Waals surface area contributed by atoms with E-state index in [1.807, 2.05) is 0 Å². The maximum atomic E-state index is 11.0. The van der Waals surface area contributed by atoms with Gasteiger partial charge in [0.05, 0.1) is 9.40 Å². The Morgan fingerprint density at radius 2 is 2.20 bits per heavy atom. The highest BCUT2D eigenvalue weighted by atomic mass is 79.9. The van der Waals surface area contributed by atoms with Crippen LogP contribution in [0, 0.1) is 10.1 Å². The number of benzene rings is 1. The second-order valence-corrected chi connectivity index (χ2v) is 4.37. The Morgan fingerprint density at radius 1 is 1.45 bits per heavy atom. The number of carbonyl (C=O) groups is 1. The van der Waals surface area contributed by atoms with Gasteiger partial charge in [0.2, 0.25) is 5.88 Å². The van der Waals surface area contributed by atoms with Gasteiger partial charge in [-0.3, -0.25) is 10.1 Å². The van der Waals surface area contributed by atoms with Gasteiger partial charge in [-0.1, -0.05) is 0 Å². The van der Waals surface area contributed by atoms with E-state index in [2.05, 4.69) is 25.9 Å². The number of carboxylic acids is 1. The summed E-state index contributed by atoms with van der Waals surface area (Å²) in [6.45, 7) is 0. The van der Waals surface area contributed by atoms with Crippen LogP contribution >= 0.6 is 15.9 Å². The molecule has 0 aliphatic heterocycles. The average Bonchev–Trinajstić information content (AvgIpc) is 2.41. The average molecular weight is 340 g/mol. The van der Waals surface area contributed by atoms with Crippen molar-refractivity contribution in [3.8, 4) is 11.6 Å². The van der Waals surface area contributed by atoms with E-state index in [9.17, 15) is 14.9 Å². The van der Waals surface area contributed by atoms with Crippen LogP contribution in [-0.2, 0) is 0 Å². The van der Waals surface area contributed by atoms with Crippen molar-refractivity contribution in [2.45, 2.75) is 0 Å². The molecule has 0 saturated heterocycles. The molecular weight excluding hydrogens is 334 g/mol. The molecule has 0 spiro atoms. The third-order valence-electron chi connectivity index (χ3n) is 2.24. The molecule has 1 aromatic carbocycles. The summed E-state index contributed by atoms with van der Waals surface area (Å²) in [5.41, 5.74) is -0.968. The zero-order valence-corrected chi connectivity index (χ0v) is 11.3. The Balaban J connectivity index is 2.40. The first-order valence-corrected chi connectivity index (χ1v) is 5.93. The smallest absolute Gasteiger partial charge is 0.342 e. The predicted octanol–water partition coefficient (Wildman–Crippen LogP) is 2.64. The first-order chi connectivity index (χ1) is 9.49. The van der Waals surface area contributed by atoms with Crippen LogP contribution in [0.25, 0.3) is 0 Å². The van der Waals surface area contributed by atoms with Crippen molar-refractivity contribution in [3.05, 3.63) is 50.9 Å². The third kappa shape index (κ3) is 2.88. The summed E-state index contributed by atoms with van der Waals surface area (Å²) in [6, 6.07) is 3.42. The number of carboxylic acid groups (broad SMARTS) is 1. The second kappa shape index (κ2) is 5.61. The molecule has 20 heavy (non-hydrogen) atoms. The Hall–Kier alpha value is -2.55. The first kappa shape index (κ1) is 13.9. The van der Waals surface area contributed by atoms with Crippen LogP contribution in [0.4, 0.5) is 5.69 Å². The highest BCUT2D eigenvalue weighted by molar-refractivity contribution is 9.10. The third-order valence-corrected chi connectivity index (χ3v) is 2.79. The zero-order valence-electron chi connectivity index (χ0n) is 9.69. The fraction of sp³-hybridized carbons (Fsp3) is 0. The molecule has 0 amide bonds. The predicted molar refractivity (Wildman–Crippen MR) is 69.9 cm³/mol. The number of nitro groups is 1. The minimum absolute atomic E-state index is 0.118. The number of nitro benzene ring substituents is 1. The van der Waals surface area contributed by atoms with Crippen molar-refractivity contribution in [1.29, 1.82) is 0 Å². The van der Waals surface area contributed by atoms with Gasteiger partial charge >= 0.3 is 5.97 Å². The molecule has 102 valence electrons. The van der Waals surface area contributed by atoms with Gasteiger partial charge in [0.1, 0.15) is 17.6 Å². The normalized spacial score (nSPS) is 10.1. The lowest BCUT2D eigenvalue weighted by molar-refractivity contribution is -0.385. The number of hydrogen-bond acceptors (Lipinski definition) is 6. The van der Waals surface area contributed by atoms with Crippen LogP contribution in [0.1, 0.15) is 10.4 Å². The van der Waals surface area contributed by atoms with Gasteiger partial charge in [0, 0.05) is 18.3 Å². The molecule has 9 heteroatoms. The molecule has 0 unspecified atom stereocenters. The summed E-state index contributed by atoms with van der Waals surface area (Å²) in [5.74, 6) is -1.12. The lowest BCUT2D eigenvalue weighted by atomic mass is 10.1. The van der Waals surface area contributed by atoms with Crippen LogP contribution in [0.2, 0.25) is 0 Å². The molecule has 0 fully saturated rings. The fourth-order valence-corrected chi connectivity index (χ4v) is 1.70. The van der Waals surface area contributed by atoms with E-state index in [0.717, 1.165) is 12.1 Å². The molecule has 0 aliphatic rings.